The predicted octanol–water partition coefficient (Wildman–Crippen LogP) is 3.11. The van der Waals surface area contributed by atoms with E-state index in [-0.39, 0.29) is 5.69 Å². The molecule has 4 aromatic rings. The van der Waals surface area contributed by atoms with Gasteiger partial charge >= 0.3 is 5.69 Å². The Morgan fingerprint density at radius 3 is 2.85 bits per heavy atom. The van der Waals surface area contributed by atoms with Crippen LogP contribution in [0.2, 0.25) is 0 Å². The minimum absolute atomic E-state index is 0.153. The van der Waals surface area contributed by atoms with E-state index in [0.717, 1.165) is 47.5 Å². The highest BCUT2D eigenvalue weighted by atomic mass is 16.1. The van der Waals surface area contributed by atoms with Crippen molar-refractivity contribution in [2.45, 2.75) is 25.3 Å². The highest BCUT2D eigenvalue weighted by molar-refractivity contribution is 5.75. The number of aromatic amines is 3. The molecule has 1 aliphatic rings. The Bertz CT molecular complexity index is 1090. The Kier molecular flexibility index (Phi) is 3.64. The van der Waals surface area contributed by atoms with E-state index in [9.17, 15) is 4.79 Å². The number of hydrogen-bond acceptors (Lipinski definition) is 3. The summed E-state index contributed by atoms with van der Waals surface area (Å²) in [6.07, 6.45) is 2.34. The molecule has 5 rings (SSSR count). The van der Waals surface area contributed by atoms with Crippen molar-refractivity contribution in [3.05, 3.63) is 64.3 Å². The molecule has 0 amide bonds. The largest absolute Gasteiger partial charge is 0.342 e. The van der Waals surface area contributed by atoms with Crippen molar-refractivity contribution in [2.75, 3.05) is 13.1 Å². The van der Waals surface area contributed by atoms with Crippen molar-refractivity contribution >= 4 is 22.1 Å². The maximum absolute atomic E-state index is 11.4. The van der Waals surface area contributed by atoms with E-state index in [1.54, 1.807) is 0 Å². The number of piperidine rings is 1. The molecule has 2 aromatic carbocycles. The zero-order valence-electron chi connectivity index (χ0n) is 14.5. The zero-order chi connectivity index (χ0) is 17.5. The lowest BCUT2D eigenvalue weighted by Gasteiger charge is -2.31. The third kappa shape index (κ3) is 2.82. The fraction of sp³-hybridized carbons (Fsp3) is 0.300. The molecule has 0 saturated carbocycles. The number of para-hydroxylation sites is 2. The summed E-state index contributed by atoms with van der Waals surface area (Å²) in [4.78, 5) is 27.8. The van der Waals surface area contributed by atoms with Crippen LogP contribution in [0.5, 0.6) is 0 Å². The van der Waals surface area contributed by atoms with Crippen molar-refractivity contribution in [3.8, 4) is 0 Å². The molecule has 0 aliphatic carbocycles. The zero-order valence-corrected chi connectivity index (χ0v) is 14.5. The summed E-state index contributed by atoms with van der Waals surface area (Å²) in [5, 5.41) is 0. The number of likely N-dealkylation sites (tertiary alicyclic amines) is 1. The number of fused-ring (bicyclic) bond motifs is 2. The van der Waals surface area contributed by atoms with Gasteiger partial charge in [-0.3, -0.25) is 4.90 Å². The van der Waals surface area contributed by atoms with Crippen molar-refractivity contribution < 1.29 is 0 Å². The van der Waals surface area contributed by atoms with E-state index in [0.29, 0.717) is 5.92 Å². The number of nitrogens with one attached hydrogen (secondary N) is 3. The van der Waals surface area contributed by atoms with Gasteiger partial charge in [0.25, 0.3) is 0 Å². The molecule has 1 saturated heterocycles. The van der Waals surface area contributed by atoms with Gasteiger partial charge in [-0.2, -0.15) is 0 Å². The van der Waals surface area contributed by atoms with Crippen LogP contribution in [0.15, 0.2) is 47.3 Å². The SMILES string of the molecule is O=c1[nH]c2ccc(CN3CCCC(c4nc5ccccc5[nH]4)C3)cc2[nH]1. The highest BCUT2D eigenvalue weighted by Crippen LogP contribution is 2.27. The number of aromatic nitrogens is 4. The van der Waals surface area contributed by atoms with E-state index in [1.165, 1.54) is 18.4 Å². The molecule has 0 bridgehead atoms. The predicted molar refractivity (Wildman–Crippen MR) is 102 cm³/mol. The number of hydrogen-bond donors (Lipinski definition) is 3. The van der Waals surface area contributed by atoms with Crippen LogP contribution in [0, 0.1) is 0 Å². The van der Waals surface area contributed by atoms with Crippen LogP contribution in [-0.2, 0) is 6.54 Å². The molecule has 132 valence electrons. The maximum atomic E-state index is 11.4. The molecular formula is C20H21N5O. The first-order chi connectivity index (χ1) is 12.7. The Labute approximate surface area is 150 Å². The van der Waals surface area contributed by atoms with Gasteiger partial charge in [0.2, 0.25) is 0 Å². The van der Waals surface area contributed by atoms with Crippen molar-refractivity contribution in [3.63, 3.8) is 0 Å². The maximum Gasteiger partial charge on any atom is 0.323 e. The lowest BCUT2D eigenvalue weighted by atomic mass is 9.97. The second-order valence-corrected chi connectivity index (χ2v) is 7.17. The molecule has 1 aliphatic heterocycles. The Balaban J connectivity index is 1.35. The second kappa shape index (κ2) is 6.14. The average Bonchev–Trinajstić information content (AvgIpc) is 3.24. The number of rotatable bonds is 3. The first-order valence-electron chi connectivity index (χ1n) is 9.12. The molecular weight excluding hydrogens is 326 g/mol. The van der Waals surface area contributed by atoms with Gasteiger partial charge in [-0.05, 0) is 49.2 Å². The second-order valence-electron chi connectivity index (χ2n) is 7.17. The van der Waals surface area contributed by atoms with Gasteiger partial charge in [-0.25, -0.2) is 9.78 Å². The van der Waals surface area contributed by atoms with E-state index < -0.39 is 0 Å². The van der Waals surface area contributed by atoms with E-state index in [2.05, 4.69) is 44.1 Å². The summed E-state index contributed by atoms with van der Waals surface area (Å²) in [6.45, 7) is 2.99. The Morgan fingerprint density at radius 1 is 1.04 bits per heavy atom. The van der Waals surface area contributed by atoms with E-state index >= 15 is 0 Å². The molecule has 0 spiro atoms. The smallest absolute Gasteiger partial charge is 0.323 e. The van der Waals surface area contributed by atoms with Gasteiger partial charge in [-0.1, -0.05) is 18.2 Å². The Hall–Kier alpha value is -2.86. The summed E-state index contributed by atoms with van der Waals surface area (Å²) in [7, 11) is 0. The van der Waals surface area contributed by atoms with Crippen molar-refractivity contribution in [2.24, 2.45) is 0 Å². The van der Waals surface area contributed by atoms with Gasteiger partial charge < -0.3 is 15.0 Å². The molecule has 6 heteroatoms. The molecule has 1 unspecified atom stereocenters. The standard InChI is InChI=1S/C20H21N5O/c26-20-23-17-8-7-13(10-18(17)24-20)11-25-9-3-4-14(12-25)19-21-15-5-1-2-6-16(15)22-19/h1-2,5-8,10,14H,3-4,9,11-12H2,(H,21,22)(H2,23,24,26). The number of benzene rings is 2. The van der Waals surface area contributed by atoms with E-state index in [4.69, 9.17) is 4.98 Å². The fourth-order valence-electron chi connectivity index (χ4n) is 4.02. The minimum atomic E-state index is -0.153. The van der Waals surface area contributed by atoms with Crippen LogP contribution in [0.3, 0.4) is 0 Å². The topological polar surface area (TPSA) is 80.6 Å². The number of imidazole rings is 2. The van der Waals surface area contributed by atoms with Crippen molar-refractivity contribution in [1.82, 2.24) is 24.8 Å². The first kappa shape index (κ1) is 15.4. The van der Waals surface area contributed by atoms with E-state index in [1.807, 2.05) is 18.2 Å². The quantitative estimate of drug-likeness (QED) is 0.533. The normalized spacial score (nSPS) is 18.7. The van der Waals surface area contributed by atoms with Gasteiger partial charge in [0.1, 0.15) is 5.82 Å². The third-order valence-electron chi connectivity index (χ3n) is 5.29. The van der Waals surface area contributed by atoms with Crippen LogP contribution in [0.4, 0.5) is 0 Å². The fourth-order valence-corrected chi connectivity index (χ4v) is 4.02. The average molecular weight is 347 g/mol. The highest BCUT2D eigenvalue weighted by Gasteiger charge is 2.24. The molecule has 26 heavy (non-hydrogen) atoms. The van der Waals surface area contributed by atoms with Crippen molar-refractivity contribution in [1.29, 1.82) is 0 Å². The summed E-state index contributed by atoms with van der Waals surface area (Å²) in [5.41, 5.74) is 4.96. The number of nitrogens with zero attached hydrogens (tertiary/aromatic N) is 2. The molecule has 3 N–H and O–H groups in total. The lowest BCUT2D eigenvalue weighted by Crippen LogP contribution is -2.34. The molecule has 3 heterocycles. The first-order valence-corrected chi connectivity index (χ1v) is 9.12. The molecule has 1 atom stereocenters. The summed E-state index contributed by atoms with van der Waals surface area (Å²) in [6, 6.07) is 14.3. The van der Waals surface area contributed by atoms with Crippen LogP contribution < -0.4 is 5.69 Å². The third-order valence-corrected chi connectivity index (χ3v) is 5.29. The molecule has 0 radical (unpaired) electrons. The van der Waals surface area contributed by atoms with Gasteiger partial charge in [0.05, 0.1) is 22.1 Å². The summed E-state index contributed by atoms with van der Waals surface area (Å²) >= 11 is 0. The van der Waals surface area contributed by atoms with Gasteiger partial charge in [0, 0.05) is 19.0 Å². The van der Waals surface area contributed by atoms with Crippen LogP contribution in [0.25, 0.3) is 22.1 Å². The number of H-pyrrole nitrogens is 3. The molecule has 6 nitrogen and oxygen atoms in total. The molecule has 1 fully saturated rings. The lowest BCUT2D eigenvalue weighted by molar-refractivity contribution is 0.197. The summed E-state index contributed by atoms with van der Waals surface area (Å²) in [5.74, 6) is 1.54. The monoisotopic (exact) mass is 347 g/mol. The van der Waals surface area contributed by atoms with Gasteiger partial charge in [0.15, 0.2) is 0 Å². The summed E-state index contributed by atoms with van der Waals surface area (Å²) < 4.78 is 0. The Morgan fingerprint density at radius 2 is 1.92 bits per heavy atom. The van der Waals surface area contributed by atoms with Gasteiger partial charge in [-0.15, -0.1) is 0 Å². The van der Waals surface area contributed by atoms with Crippen LogP contribution in [-0.4, -0.2) is 37.9 Å². The molecule has 2 aromatic heterocycles. The minimum Gasteiger partial charge on any atom is -0.342 e. The van der Waals surface area contributed by atoms with Crippen LogP contribution >= 0.6 is 0 Å². The van der Waals surface area contributed by atoms with Crippen LogP contribution in [0.1, 0.15) is 30.1 Å².